The zero-order valence-corrected chi connectivity index (χ0v) is 39.7. The molecular formula is C48H93O6Sm. The summed E-state index contributed by atoms with van der Waals surface area (Å²) >= 11 is 0. The minimum absolute atomic E-state index is 0. The fourth-order valence-corrected chi connectivity index (χ4v) is 6.86. The SMILES string of the molecule is CCCCCCCCCCCCCCCC(=O)[O-].CCCCCCCCCCCCCCCC(=O)[O-].CCCCCCCCCCCCCCCC(=O)[O-].[Sm+3]. The van der Waals surface area contributed by atoms with Gasteiger partial charge in [0.05, 0.1) is 0 Å². The van der Waals surface area contributed by atoms with Crippen molar-refractivity contribution < 1.29 is 70.1 Å². The summed E-state index contributed by atoms with van der Waals surface area (Å²) in [6, 6.07) is 0. The molecule has 327 valence electrons. The average Bonchev–Trinajstić information content (AvgIpc) is 3.14. The van der Waals surface area contributed by atoms with Gasteiger partial charge in [0.2, 0.25) is 0 Å². The number of aliphatic carboxylic acids is 3. The molecule has 0 aliphatic carbocycles. The Morgan fingerprint density at radius 2 is 0.345 bits per heavy atom. The minimum Gasteiger partial charge on any atom is -0.550 e. The van der Waals surface area contributed by atoms with E-state index in [4.69, 9.17) is 0 Å². The molecule has 7 heteroatoms. The van der Waals surface area contributed by atoms with E-state index >= 15 is 0 Å². The first-order chi connectivity index (χ1) is 26.3. The smallest absolute Gasteiger partial charge is 0.550 e. The number of rotatable bonds is 42. The van der Waals surface area contributed by atoms with Crippen molar-refractivity contribution in [2.45, 2.75) is 290 Å². The van der Waals surface area contributed by atoms with Crippen LogP contribution in [0.1, 0.15) is 290 Å². The van der Waals surface area contributed by atoms with Crippen molar-refractivity contribution >= 4 is 17.9 Å². The van der Waals surface area contributed by atoms with Gasteiger partial charge >= 0.3 is 40.4 Å². The monoisotopic (exact) mass is 918 g/mol. The third-order valence-electron chi connectivity index (χ3n) is 10.5. The van der Waals surface area contributed by atoms with Crippen LogP contribution in [-0.2, 0) is 14.4 Å². The maximum absolute atomic E-state index is 10.2. The predicted octanol–water partition coefficient (Wildman–Crippen LogP) is 12.7. The molecule has 0 N–H and O–H groups in total. The molecule has 0 aromatic heterocycles. The largest absolute Gasteiger partial charge is 3.00 e. The average molecular weight is 917 g/mol. The summed E-state index contributed by atoms with van der Waals surface area (Å²) in [5, 5.41) is 30.6. The number of carbonyl (C=O) groups is 3. The molecule has 0 aliphatic heterocycles. The number of hydrogen-bond acceptors (Lipinski definition) is 6. The molecule has 0 unspecified atom stereocenters. The van der Waals surface area contributed by atoms with Gasteiger partial charge in [0.1, 0.15) is 0 Å². The van der Waals surface area contributed by atoms with Crippen LogP contribution in [0.2, 0.25) is 0 Å². The number of unbranched alkanes of at least 4 members (excludes halogenated alkanes) is 36. The topological polar surface area (TPSA) is 120 Å². The van der Waals surface area contributed by atoms with Crippen LogP contribution in [-0.4, -0.2) is 17.9 Å². The molecule has 1 radical (unpaired) electrons. The third kappa shape index (κ3) is 71.9. The van der Waals surface area contributed by atoms with Gasteiger partial charge in [0.25, 0.3) is 0 Å². The Bertz CT molecular complexity index is 636. The maximum atomic E-state index is 10.2. The van der Waals surface area contributed by atoms with E-state index in [2.05, 4.69) is 20.8 Å². The van der Waals surface area contributed by atoms with Crippen molar-refractivity contribution in [2.24, 2.45) is 0 Å². The van der Waals surface area contributed by atoms with Gasteiger partial charge in [-0.1, -0.05) is 252 Å². The van der Waals surface area contributed by atoms with Crippen LogP contribution < -0.4 is 15.3 Å². The van der Waals surface area contributed by atoms with Crippen LogP contribution in [0.4, 0.5) is 0 Å². The third-order valence-corrected chi connectivity index (χ3v) is 10.5. The number of carbonyl (C=O) groups excluding carboxylic acids is 3. The molecule has 6 nitrogen and oxygen atoms in total. The molecule has 0 rings (SSSR count). The molecule has 0 amide bonds. The van der Waals surface area contributed by atoms with Crippen molar-refractivity contribution in [2.75, 3.05) is 0 Å². The van der Waals surface area contributed by atoms with Crippen molar-refractivity contribution in [3.63, 3.8) is 0 Å². The normalized spacial score (nSPS) is 10.5. The van der Waals surface area contributed by atoms with Gasteiger partial charge in [-0.2, -0.15) is 0 Å². The second-order valence-corrected chi connectivity index (χ2v) is 16.1. The van der Waals surface area contributed by atoms with Gasteiger partial charge in [0, 0.05) is 17.9 Å². The van der Waals surface area contributed by atoms with Gasteiger partial charge in [-0.25, -0.2) is 0 Å². The second kappa shape index (κ2) is 58.1. The molecule has 0 saturated heterocycles. The van der Waals surface area contributed by atoms with E-state index in [1.165, 1.54) is 212 Å². The summed E-state index contributed by atoms with van der Waals surface area (Å²) in [5.74, 6) is -2.71. The minimum atomic E-state index is -0.905. The number of carboxylic acids is 3. The van der Waals surface area contributed by atoms with Crippen LogP contribution >= 0.6 is 0 Å². The van der Waals surface area contributed by atoms with Crippen LogP contribution in [0.3, 0.4) is 0 Å². The van der Waals surface area contributed by atoms with Crippen LogP contribution in [0.15, 0.2) is 0 Å². The molecule has 0 spiro atoms. The van der Waals surface area contributed by atoms with E-state index < -0.39 is 17.9 Å². The fraction of sp³-hybridized carbons (Fsp3) is 0.938. The standard InChI is InChI=1S/3C16H32O2.Sm/c3*1-2-3-4-5-6-7-8-9-10-11-12-13-14-15-16(17)18;/h3*2-15H2,1H3,(H,17,18);/q;;;+3/p-3. The molecule has 0 aliphatic rings. The number of hydrogen-bond donors (Lipinski definition) is 0. The summed E-state index contributed by atoms with van der Waals surface area (Å²) < 4.78 is 0. The van der Waals surface area contributed by atoms with E-state index in [9.17, 15) is 29.7 Å². The zero-order valence-electron chi connectivity index (χ0n) is 37.1. The maximum Gasteiger partial charge on any atom is 3.00 e. The summed E-state index contributed by atoms with van der Waals surface area (Å²) in [6.07, 6.45) is 50.8. The Labute approximate surface area is 375 Å². The van der Waals surface area contributed by atoms with Crippen molar-refractivity contribution in [1.29, 1.82) is 0 Å². The first-order valence-electron chi connectivity index (χ1n) is 23.9. The Balaban J connectivity index is -0.000000351. The van der Waals surface area contributed by atoms with Crippen molar-refractivity contribution in [3.05, 3.63) is 0 Å². The molecule has 0 aromatic rings. The molecule has 0 saturated carbocycles. The summed E-state index contributed by atoms with van der Waals surface area (Å²) in [7, 11) is 0. The Morgan fingerprint density at radius 3 is 0.455 bits per heavy atom. The zero-order chi connectivity index (χ0) is 40.4. The first kappa shape index (κ1) is 61.4. The molecular weight excluding hydrogens is 823 g/mol. The van der Waals surface area contributed by atoms with Gasteiger partial charge in [0.15, 0.2) is 0 Å². The molecule has 0 heterocycles. The van der Waals surface area contributed by atoms with Gasteiger partial charge in [-0.05, 0) is 38.5 Å². The number of carboxylic acid groups (broad SMARTS) is 3. The van der Waals surface area contributed by atoms with Gasteiger partial charge in [-0.3, -0.25) is 0 Å². The molecule has 0 atom stereocenters. The van der Waals surface area contributed by atoms with E-state index in [0.717, 1.165) is 38.5 Å². The molecule has 0 fully saturated rings. The van der Waals surface area contributed by atoms with Crippen LogP contribution in [0, 0.1) is 40.4 Å². The Kier molecular flexibility index (Phi) is 64.8. The van der Waals surface area contributed by atoms with E-state index in [1.54, 1.807) is 0 Å². The van der Waals surface area contributed by atoms with Crippen molar-refractivity contribution in [3.8, 4) is 0 Å². The van der Waals surface area contributed by atoms with E-state index in [0.29, 0.717) is 0 Å². The quantitative estimate of drug-likeness (QED) is 0.0562. The summed E-state index contributed by atoms with van der Waals surface area (Å²) in [4.78, 5) is 30.6. The molecule has 55 heavy (non-hydrogen) atoms. The van der Waals surface area contributed by atoms with Gasteiger partial charge in [-0.15, -0.1) is 0 Å². The molecule has 0 bridgehead atoms. The first-order valence-corrected chi connectivity index (χ1v) is 23.9. The van der Waals surface area contributed by atoms with Crippen LogP contribution in [0.25, 0.3) is 0 Å². The fourth-order valence-electron chi connectivity index (χ4n) is 6.86. The van der Waals surface area contributed by atoms with Crippen molar-refractivity contribution in [1.82, 2.24) is 0 Å². The molecule has 0 aromatic carbocycles. The Morgan fingerprint density at radius 1 is 0.236 bits per heavy atom. The summed E-state index contributed by atoms with van der Waals surface area (Å²) in [6.45, 7) is 6.77. The second-order valence-electron chi connectivity index (χ2n) is 16.1. The van der Waals surface area contributed by atoms with Crippen LogP contribution in [0.5, 0.6) is 0 Å². The Hall–Kier alpha value is -0.252. The van der Waals surface area contributed by atoms with E-state index in [-0.39, 0.29) is 59.7 Å². The summed E-state index contributed by atoms with van der Waals surface area (Å²) in [5.41, 5.74) is 0. The van der Waals surface area contributed by atoms with E-state index in [1.807, 2.05) is 0 Å². The predicted molar refractivity (Wildman–Crippen MR) is 226 cm³/mol. The van der Waals surface area contributed by atoms with Gasteiger partial charge < -0.3 is 29.7 Å².